The molecular weight excluding hydrogens is 494 g/mol. The summed E-state index contributed by atoms with van der Waals surface area (Å²) in [7, 11) is 0. The number of carbonyl (C=O) groups is 4. The third kappa shape index (κ3) is 3.13. The Bertz CT molecular complexity index is 1230. The molecule has 0 unspecified atom stereocenters. The molecule has 170 valence electrons. The van der Waals surface area contributed by atoms with E-state index in [-0.39, 0.29) is 45.5 Å². The number of hydroxylamine groups is 2. The molecular formula is C24H20BrNO7. The molecule has 1 fully saturated rings. The van der Waals surface area contributed by atoms with Crippen LogP contribution < -0.4 is 4.74 Å². The monoisotopic (exact) mass is 513 g/mol. The van der Waals surface area contributed by atoms with Crippen molar-refractivity contribution in [2.24, 2.45) is 17.8 Å². The number of Topliss-reactive ketones (excluding diaryl/α,β-unsaturated/α-hetero) is 1. The summed E-state index contributed by atoms with van der Waals surface area (Å²) >= 11 is 3.17. The summed E-state index contributed by atoms with van der Waals surface area (Å²) in [6.07, 6.45) is 3.47. The predicted octanol–water partition coefficient (Wildman–Crippen LogP) is 2.94. The van der Waals surface area contributed by atoms with Gasteiger partial charge in [-0.05, 0) is 59.3 Å². The quantitative estimate of drug-likeness (QED) is 0.275. The number of nitrogens with zero attached hydrogens (tertiary/aromatic N) is 1. The van der Waals surface area contributed by atoms with Gasteiger partial charge in [0, 0.05) is 23.1 Å². The Balaban J connectivity index is 1.71. The zero-order valence-electron chi connectivity index (χ0n) is 17.6. The van der Waals surface area contributed by atoms with Gasteiger partial charge in [0.1, 0.15) is 0 Å². The summed E-state index contributed by atoms with van der Waals surface area (Å²) in [5.74, 6) is -4.48. The SMILES string of the molecule is CCOc1cc([C@H]2C3=CC[C@@H]4C(=O)N(O)C(=O)[C@@H]4[C@@H]3CC3=C2C(=O)C=C(Br)C3=O)ccc1O. The summed E-state index contributed by atoms with van der Waals surface area (Å²) in [5, 5.41) is 20.3. The van der Waals surface area contributed by atoms with E-state index in [2.05, 4.69) is 15.9 Å². The van der Waals surface area contributed by atoms with Gasteiger partial charge >= 0.3 is 0 Å². The number of hydrogen-bond donors (Lipinski definition) is 2. The largest absolute Gasteiger partial charge is 0.504 e. The molecule has 0 aromatic heterocycles. The lowest BCUT2D eigenvalue weighted by molar-refractivity contribution is -0.173. The Kier molecular flexibility index (Phi) is 5.13. The fourth-order valence-corrected chi connectivity index (χ4v) is 6.00. The van der Waals surface area contributed by atoms with E-state index >= 15 is 0 Å². The summed E-state index contributed by atoms with van der Waals surface area (Å²) in [5.41, 5.74) is 2.01. The molecule has 1 heterocycles. The van der Waals surface area contributed by atoms with E-state index in [0.717, 1.165) is 5.57 Å². The second-order valence-electron chi connectivity index (χ2n) is 8.54. The van der Waals surface area contributed by atoms with Gasteiger partial charge in [0.25, 0.3) is 11.8 Å². The van der Waals surface area contributed by atoms with Gasteiger partial charge in [0.15, 0.2) is 23.1 Å². The third-order valence-corrected chi connectivity index (χ3v) is 7.51. The maximum absolute atomic E-state index is 13.1. The standard InChI is InChI=1S/C24H20BrNO7/c1-2-33-18-7-10(3-6-16(18)27)19-11-4-5-12-20(24(31)26(32)23(12)30)13(11)8-14-21(19)17(28)9-15(25)22(14)29/h3-4,6-7,9,12-13,19-20,27,32H,2,5,8H2,1H3/t12-,13+,19-,20-/m0/s1. The van der Waals surface area contributed by atoms with Crippen LogP contribution in [0.1, 0.15) is 31.2 Å². The van der Waals surface area contributed by atoms with Crippen LogP contribution in [0.2, 0.25) is 0 Å². The molecule has 4 atom stereocenters. The molecule has 5 rings (SSSR count). The molecule has 0 bridgehead atoms. The van der Waals surface area contributed by atoms with Crippen molar-refractivity contribution < 1.29 is 34.2 Å². The van der Waals surface area contributed by atoms with Crippen LogP contribution in [0.4, 0.5) is 0 Å². The minimum atomic E-state index is -0.810. The predicted molar refractivity (Wildman–Crippen MR) is 117 cm³/mol. The number of benzene rings is 1. The molecule has 1 aromatic carbocycles. The normalized spacial score (nSPS) is 28.9. The highest BCUT2D eigenvalue weighted by atomic mass is 79.9. The van der Waals surface area contributed by atoms with Crippen LogP contribution in [0.25, 0.3) is 0 Å². The molecule has 0 saturated carbocycles. The number of aromatic hydroxyl groups is 1. The Labute approximate surface area is 197 Å². The van der Waals surface area contributed by atoms with Crippen LogP contribution in [-0.2, 0) is 19.2 Å². The number of ether oxygens (including phenoxy) is 1. The van der Waals surface area contributed by atoms with Gasteiger partial charge in [-0.3, -0.25) is 24.4 Å². The van der Waals surface area contributed by atoms with E-state index in [9.17, 15) is 29.5 Å². The maximum atomic E-state index is 13.1. The van der Waals surface area contributed by atoms with Crippen molar-refractivity contribution in [3.05, 3.63) is 57.1 Å². The van der Waals surface area contributed by atoms with Crippen molar-refractivity contribution in [3.8, 4) is 11.5 Å². The van der Waals surface area contributed by atoms with E-state index < -0.39 is 35.5 Å². The first-order chi connectivity index (χ1) is 15.7. The van der Waals surface area contributed by atoms with Gasteiger partial charge < -0.3 is 9.84 Å². The number of amides is 2. The number of ketones is 2. The zero-order chi connectivity index (χ0) is 23.6. The highest BCUT2D eigenvalue weighted by molar-refractivity contribution is 9.12. The van der Waals surface area contributed by atoms with Gasteiger partial charge in [-0.25, -0.2) is 0 Å². The number of allylic oxidation sites excluding steroid dienone is 6. The highest BCUT2D eigenvalue weighted by Gasteiger charge is 2.56. The molecule has 8 nitrogen and oxygen atoms in total. The van der Waals surface area contributed by atoms with E-state index in [4.69, 9.17) is 4.74 Å². The number of carbonyl (C=O) groups excluding carboxylic acids is 4. The van der Waals surface area contributed by atoms with Crippen molar-refractivity contribution in [2.45, 2.75) is 25.7 Å². The number of halogens is 1. The molecule has 0 spiro atoms. The van der Waals surface area contributed by atoms with Crippen molar-refractivity contribution in [1.29, 1.82) is 0 Å². The van der Waals surface area contributed by atoms with Crippen LogP contribution in [0.15, 0.2) is 51.6 Å². The highest BCUT2D eigenvalue weighted by Crippen LogP contribution is 2.55. The topological polar surface area (TPSA) is 121 Å². The second-order valence-corrected chi connectivity index (χ2v) is 9.40. The number of phenolic OH excluding ortho intramolecular Hbond substituents is 1. The Morgan fingerprint density at radius 3 is 2.64 bits per heavy atom. The van der Waals surface area contributed by atoms with Gasteiger partial charge in [-0.1, -0.05) is 17.7 Å². The molecule has 9 heteroatoms. The van der Waals surface area contributed by atoms with Crippen molar-refractivity contribution in [3.63, 3.8) is 0 Å². The molecule has 1 aliphatic heterocycles. The van der Waals surface area contributed by atoms with Crippen molar-refractivity contribution in [2.75, 3.05) is 6.61 Å². The van der Waals surface area contributed by atoms with Crippen molar-refractivity contribution >= 4 is 39.3 Å². The molecule has 0 radical (unpaired) electrons. The van der Waals surface area contributed by atoms with Crippen LogP contribution >= 0.6 is 15.9 Å². The molecule has 2 amide bonds. The van der Waals surface area contributed by atoms with Crippen LogP contribution in [0.5, 0.6) is 11.5 Å². The van der Waals surface area contributed by atoms with Crippen molar-refractivity contribution in [1.82, 2.24) is 5.06 Å². The Hall–Kier alpha value is -3.04. The fourth-order valence-electron chi connectivity index (χ4n) is 5.55. The minimum absolute atomic E-state index is 0.0546. The average molecular weight is 514 g/mol. The van der Waals surface area contributed by atoms with Crippen LogP contribution in [0, 0.1) is 17.8 Å². The number of rotatable bonds is 3. The molecule has 2 N–H and O–H groups in total. The fraction of sp³-hybridized carbons (Fsp3) is 0.333. The van der Waals surface area contributed by atoms with Gasteiger partial charge in [0.2, 0.25) is 0 Å². The Morgan fingerprint density at radius 1 is 1.15 bits per heavy atom. The average Bonchev–Trinajstić information content (AvgIpc) is 3.02. The van der Waals surface area contributed by atoms with Crippen LogP contribution in [0.3, 0.4) is 0 Å². The zero-order valence-corrected chi connectivity index (χ0v) is 19.2. The Morgan fingerprint density at radius 2 is 1.91 bits per heavy atom. The van der Waals surface area contributed by atoms with Gasteiger partial charge in [0.05, 0.1) is 22.9 Å². The number of fused-ring (bicyclic) bond motifs is 3. The lowest BCUT2D eigenvalue weighted by atomic mass is 9.59. The third-order valence-electron chi connectivity index (χ3n) is 6.92. The molecule has 3 aliphatic carbocycles. The van der Waals surface area contributed by atoms with Gasteiger partial charge in [-0.2, -0.15) is 5.06 Å². The van der Waals surface area contributed by atoms with Gasteiger partial charge in [-0.15, -0.1) is 0 Å². The number of imide groups is 1. The van der Waals surface area contributed by atoms with E-state index in [0.29, 0.717) is 23.3 Å². The number of hydrogen-bond acceptors (Lipinski definition) is 7. The molecule has 1 aromatic rings. The molecule has 33 heavy (non-hydrogen) atoms. The lowest BCUT2D eigenvalue weighted by Crippen LogP contribution is -2.39. The number of phenols is 1. The first-order valence-electron chi connectivity index (χ1n) is 10.7. The minimum Gasteiger partial charge on any atom is -0.504 e. The summed E-state index contributed by atoms with van der Waals surface area (Å²) in [6, 6.07) is 4.76. The second kappa shape index (κ2) is 7.78. The van der Waals surface area contributed by atoms with E-state index in [1.807, 2.05) is 6.08 Å². The van der Waals surface area contributed by atoms with E-state index in [1.54, 1.807) is 19.1 Å². The maximum Gasteiger partial charge on any atom is 0.257 e. The smallest absolute Gasteiger partial charge is 0.257 e. The first-order valence-corrected chi connectivity index (χ1v) is 11.5. The summed E-state index contributed by atoms with van der Waals surface area (Å²) in [6.45, 7) is 2.10. The van der Waals surface area contributed by atoms with Crippen LogP contribution in [-0.4, -0.2) is 45.4 Å². The van der Waals surface area contributed by atoms with E-state index in [1.165, 1.54) is 12.1 Å². The summed E-state index contributed by atoms with van der Waals surface area (Å²) < 4.78 is 5.67. The molecule has 1 saturated heterocycles. The lowest BCUT2D eigenvalue weighted by Gasteiger charge is -2.42. The first kappa shape index (κ1) is 21.8. The molecule has 4 aliphatic rings. The summed E-state index contributed by atoms with van der Waals surface area (Å²) in [4.78, 5) is 51.4.